The van der Waals surface area contributed by atoms with E-state index < -0.39 is 0 Å². The van der Waals surface area contributed by atoms with Gasteiger partial charge in [0.2, 0.25) is 0 Å². The standard InChI is InChI=1S/C26H40O4/c1-3-4-5-6-7-8-9-10-13-20-29-25(27)23-16-18-24(19-17-23)26(28)30-21(2)22-14-11-12-15-22/h16-19,21-22H,3-15,20H2,1-2H3. The Labute approximate surface area is 182 Å². The van der Waals surface area contributed by atoms with Crippen LogP contribution in [0, 0.1) is 5.92 Å². The van der Waals surface area contributed by atoms with Gasteiger partial charge >= 0.3 is 11.9 Å². The zero-order chi connectivity index (χ0) is 21.6. The molecule has 1 aromatic carbocycles. The third kappa shape index (κ3) is 8.89. The first-order valence-electron chi connectivity index (χ1n) is 12.1. The molecule has 1 fully saturated rings. The second-order valence-electron chi connectivity index (χ2n) is 8.70. The molecule has 0 aliphatic heterocycles. The number of carbonyl (C=O) groups is 2. The molecule has 4 heteroatoms. The molecule has 0 heterocycles. The Hall–Kier alpha value is -1.84. The topological polar surface area (TPSA) is 52.6 Å². The third-order valence-corrected chi connectivity index (χ3v) is 6.19. The molecular formula is C26H40O4. The van der Waals surface area contributed by atoms with Crippen molar-refractivity contribution in [3.05, 3.63) is 35.4 Å². The van der Waals surface area contributed by atoms with Crippen LogP contribution in [0.5, 0.6) is 0 Å². The van der Waals surface area contributed by atoms with E-state index in [0.717, 1.165) is 25.7 Å². The highest BCUT2D eigenvalue weighted by molar-refractivity contribution is 5.93. The molecule has 0 spiro atoms. The van der Waals surface area contributed by atoms with E-state index in [4.69, 9.17) is 9.47 Å². The fourth-order valence-electron chi connectivity index (χ4n) is 4.16. The summed E-state index contributed by atoms with van der Waals surface area (Å²) in [6.07, 6.45) is 15.8. The molecule has 1 unspecified atom stereocenters. The summed E-state index contributed by atoms with van der Waals surface area (Å²) in [5, 5.41) is 0. The zero-order valence-corrected chi connectivity index (χ0v) is 19.0. The number of hydrogen-bond donors (Lipinski definition) is 0. The van der Waals surface area contributed by atoms with Gasteiger partial charge in [-0.15, -0.1) is 0 Å². The van der Waals surface area contributed by atoms with Crippen LogP contribution in [0.25, 0.3) is 0 Å². The molecule has 1 saturated carbocycles. The van der Waals surface area contributed by atoms with Crippen LogP contribution in [0.4, 0.5) is 0 Å². The SMILES string of the molecule is CCCCCCCCCCCOC(=O)c1ccc(C(=O)OC(C)C2CCCC2)cc1. The summed E-state index contributed by atoms with van der Waals surface area (Å²) in [4.78, 5) is 24.5. The number of unbranched alkanes of at least 4 members (excludes halogenated alkanes) is 8. The van der Waals surface area contributed by atoms with Gasteiger partial charge in [-0.25, -0.2) is 9.59 Å². The molecule has 30 heavy (non-hydrogen) atoms. The predicted molar refractivity (Wildman–Crippen MR) is 121 cm³/mol. The molecule has 1 atom stereocenters. The summed E-state index contributed by atoms with van der Waals surface area (Å²) < 4.78 is 11.0. The summed E-state index contributed by atoms with van der Waals surface area (Å²) in [6, 6.07) is 6.60. The summed E-state index contributed by atoms with van der Waals surface area (Å²) in [6.45, 7) is 4.67. The molecule has 168 valence electrons. The van der Waals surface area contributed by atoms with E-state index >= 15 is 0 Å². The molecular weight excluding hydrogens is 376 g/mol. The van der Waals surface area contributed by atoms with Crippen molar-refractivity contribution in [1.82, 2.24) is 0 Å². The molecule has 0 bridgehead atoms. The zero-order valence-electron chi connectivity index (χ0n) is 19.0. The normalized spacial score (nSPS) is 15.1. The van der Waals surface area contributed by atoms with Crippen molar-refractivity contribution >= 4 is 11.9 Å². The van der Waals surface area contributed by atoms with Gasteiger partial charge in [0.1, 0.15) is 6.10 Å². The average molecular weight is 417 g/mol. The maximum Gasteiger partial charge on any atom is 0.338 e. The molecule has 1 aliphatic carbocycles. The number of rotatable bonds is 14. The monoisotopic (exact) mass is 416 g/mol. The maximum atomic E-state index is 12.3. The van der Waals surface area contributed by atoms with Gasteiger partial charge in [0.25, 0.3) is 0 Å². The minimum absolute atomic E-state index is 0.0546. The largest absolute Gasteiger partial charge is 0.462 e. The first-order valence-corrected chi connectivity index (χ1v) is 12.1. The average Bonchev–Trinajstić information content (AvgIpc) is 3.30. The highest BCUT2D eigenvalue weighted by atomic mass is 16.5. The van der Waals surface area contributed by atoms with Gasteiger partial charge in [0, 0.05) is 0 Å². The van der Waals surface area contributed by atoms with E-state index in [-0.39, 0.29) is 18.0 Å². The van der Waals surface area contributed by atoms with Crippen LogP contribution in [0.3, 0.4) is 0 Å². The molecule has 1 aliphatic rings. The van der Waals surface area contributed by atoms with Crippen molar-refractivity contribution < 1.29 is 19.1 Å². The van der Waals surface area contributed by atoms with Crippen LogP contribution in [-0.4, -0.2) is 24.6 Å². The van der Waals surface area contributed by atoms with Gasteiger partial charge in [-0.05, 0) is 56.4 Å². The molecule has 0 radical (unpaired) electrons. The predicted octanol–water partition coefficient (Wildman–Crippen LogP) is 7.11. The smallest absolute Gasteiger partial charge is 0.338 e. The van der Waals surface area contributed by atoms with Gasteiger partial charge in [-0.3, -0.25) is 0 Å². The van der Waals surface area contributed by atoms with Gasteiger partial charge < -0.3 is 9.47 Å². The van der Waals surface area contributed by atoms with Crippen molar-refractivity contribution in [3.63, 3.8) is 0 Å². The number of ether oxygens (including phenoxy) is 2. The van der Waals surface area contributed by atoms with Crippen LogP contribution in [-0.2, 0) is 9.47 Å². The van der Waals surface area contributed by atoms with E-state index in [0.29, 0.717) is 23.7 Å². The number of esters is 2. The fraction of sp³-hybridized carbons (Fsp3) is 0.692. The summed E-state index contributed by atoms with van der Waals surface area (Å²) >= 11 is 0. The van der Waals surface area contributed by atoms with Crippen molar-refractivity contribution in [1.29, 1.82) is 0 Å². The van der Waals surface area contributed by atoms with Gasteiger partial charge in [0.15, 0.2) is 0 Å². The Kier molecular flexibility index (Phi) is 11.6. The summed E-state index contributed by atoms with van der Waals surface area (Å²) in [7, 11) is 0. The second-order valence-corrected chi connectivity index (χ2v) is 8.70. The van der Waals surface area contributed by atoms with Crippen LogP contribution in [0.1, 0.15) is 118 Å². The molecule has 2 rings (SSSR count). The molecule has 0 amide bonds. The van der Waals surface area contributed by atoms with E-state index in [2.05, 4.69) is 6.92 Å². The molecule has 1 aromatic rings. The van der Waals surface area contributed by atoms with Crippen molar-refractivity contribution in [2.45, 2.75) is 103 Å². The van der Waals surface area contributed by atoms with E-state index in [1.807, 2.05) is 6.92 Å². The second kappa shape index (κ2) is 14.2. The lowest BCUT2D eigenvalue weighted by molar-refractivity contribution is 0.0203. The molecule has 0 N–H and O–H groups in total. The van der Waals surface area contributed by atoms with E-state index in [1.54, 1.807) is 24.3 Å². The van der Waals surface area contributed by atoms with Crippen LogP contribution >= 0.6 is 0 Å². The first-order chi connectivity index (χ1) is 14.6. The Balaban J connectivity index is 1.60. The quantitative estimate of drug-likeness (QED) is 0.239. The van der Waals surface area contributed by atoms with Crippen molar-refractivity contribution in [2.75, 3.05) is 6.61 Å². The molecule has 4 nitrogen and oxygen atoms in total. The van der Waals surface area contributed by atoms with Crippen molar-refractivity contribution in [2.24, 2.45) is 5.92 Å². The number of benzene rings is 1. The Bertz CT molecular complexity index is 616. The van der Waals surface area contributed by atoms with Crippen LogP contribution in [0.2, 0.25) is 0 Å². The highest BCUT2D eigenvalue weighted by Gasteiger charge is 2.25. The van der Waals surface area contributed by atoms with Gasteiger partial charge in [0.05, 0.1) is 17.7 Å². The lowest BCUT2D eigenvalue weighted by Crippen LogP contribution is -2.22. The van der Waals surface area contributed by atoms with Crippen molar-refractivity contribution in [3.8, 4) is 0 Å². The third-order valence-electron chi connectivity index (χ3n) is 6.19. The highest BCUT2D eigenvalue weighted by Crippen LogP contribution is 2.29. The summed E-state index contributed by atoms with van der Waals surface area (Å²) in [5.74, 6) is -0.165. The molecule has 0 aromatic heterocycles. The van der Waals surface area contributed by atoms with E-state index in [1.165, 1.54) is 57.8 Å². The molecule has 0 saturated heterocycles. The van der Waals surface area contributed by atoms with Gasteiger partial charge in [-0.1, -0.05) is 71.1 Å². The first kappa shape index (κ1) is 24.4. The lowest BCUT2D eigenvalue weighted by atomic mass is 10.0. The number of hydrogen-bond acceptors (Lipinski definition) is 4. The Morgan fingerprint density at radius 1 is 0.833 bits per heavy atom. The van der Waals surface area contributed by atoms with Gasteiger partial charge in [-0.2, -0.15) is 0 Å². The van der Waals surface area contributed by atoms with E-state index in [9.17, 15) is 9.59 Å². The lowest BCUT2D eigenvalue weighted by Gasteiger charge is -2.19. The number of carbonyl (C=O) groups excluding carboxylic acids is 2. The Morgan fingerprint density at radius 3 is 1.90 bits per heavy atom. The minimum atomic E-state index is -0.325. The minimum Gasteiger partial charge on any atom is -0.462 e. The summed E-state index contributed by atoms with van der Waals surface area (Å²) in [5.41, 5.74) is 0.960. The van der Waals surface area contributed by atoms with Crippen LogP contribution < -0.4 is 0 Å². The van der Waals surface area contributed by atoms with Crippen LogP contribution in [0.15, 0.2) is 24.3 Å². The fourth-order valence-corrected chi connectivity index (χ4v) is 4.16. The Morgan fingerprint density at radius 2 is 1.33 bits per heavy atom. The maximum absolute atomic E-state index is 12.3.